The lowest BCUT2D eigenvalue weighted by molar-refractivity contribution is -0.151. The lowest BCUT2D eigenvalue weighted by Gasteiger charge is -2.12. The first-order valence-corrected chi connectivity index (χ1v) is 7.63. The third-order valence-corrected chi connectivity index (χ3v) is 4.46. The maximum absolute atomic E-state index is 10.9. The highest BCUT2D eigenvalue weighted by Gasteiger charge is 2.23. The number of aliphatic carboxylic acids is 2. The van der Waals surface area contributed by atoms with Crippen molar-refractivity contribution < 1.29 is 24.6 Å². The zero-order valence-electron chi connectivity index (χ0n) is 10.1. The van der Waals surface area contributed by atoms with Crippen molar-refractivity contribution in [2.75, 3.05) is 11.5 Å². The van der Waals surface area contributed by atoms with Crippen LogP contribution in [0.3, 0.4) is 0 Å². The first kappa shape index (κ1) is 16.2. The molecule has 0 saturated heterocycles. The second kappa shape index (κ2) is 7.65. The minimum Gasteiger partial charge on any atom is -0.480 e. The van der Waals surface area contributed by atoms with Crippen LogP contribution in [0.1, 0.15) is 0 Å². The van der Waals surface area contributed by atoms with E-state index >= 15 is 0 Å². The summed E-state index contributed by atoms with van der Waals surface area (Å²) in [7, 11) is 2.50. The number of rotatable bonds is 6. The van der Waals surface area contributed by atoms with Crippen LogP contribution in [0.4, 0.5) is 5.69 Å². The standard InChI is InChI=1S/C11H12N2O5S2/c12-6-1-3-7(4-2-6)20-19-5-8(10(15)16)13-9(14)11(17)18/h1-4,8H,5,12H2,(H,13,14)(H,15,16)(H,17,18)/t8-/m0/s1. The second-order valence-corrected chi connectivity index (χ2v) is 6.02. The maximum atomic E-state index is 10.9. The number of nitrogens with one attached hydrogen (secondary N) is 1. The molecule has 0 radical (unpaired) electrons. The van der Waals surface area contributed by atoms with Gasteiger partial charge in [0.15, 0.2) is 0 Å². The van der Waals surface area contributed by atoms with Crippen LogP contribution < -0.4 is 11.1 Å². The summed E-state index contributed by atoms with van der Waals surface area (Å²) in [6, 6.07) is 5.72. The lowest BCUT2D eigenvalue weighted by atomic mass is 10.3. The smallest absolute Gasteiger partial charge is 0.394 e. The Kier molecular flexibility index (Phi) is 6.19. The van der Waals surface area contributed by atoms with E-state index in [9.17, 15) is 14.4 Å². The van der Waals surface area contributed by atoms with Crippen molar-refractivity contribution >= 4 is 45.1 Å². The van der Waals surface area contributed by atoms with E-state index in [-0.39, 0.29) is 5.75 Å². The average Bonchev–Trinajstić information content (AvgIpc) is 2.39. The van der Waals surface area contributed by atoms with E-state index in [1.54, 1.807) is 24.3 Å². The molecule has 0 aromatic heterocycles. The predicted molar refractivity (Wildman–Crippen MR) is 76.4 cm³/mol. The van der Waals surface area contributed by atoms with Gasteiger partial charge in [-0.05, 0) is 24.3 Å². The molecule has 1 aromatic carbocycles. The number of anilines is 1. The van der Waals surface area contributed by atoms with E-state index in [2.05, 4.69) is 0 Å². The van der Waals surface area contributed by atoms with E-state index < -0.39 is 23.9 Å². The Morgan fingerprint density at radius 2 is 1.80 bits per heavy atom. The van der Waals surface area contributed by atoms with Crippen LogP contribution in [-0.4, -0.2) is 39.9 Å². The van der Waals surface area contributed by atoms with Crippen molar-refractivity contribution in [3.05, 3.63) is 24.3 Å². The van der Waals surface area contributed by atoms with E-state index in [1.807, 2.05) is 5.32 Å². The van der Waals surface area contributed by atoms with E-state index in [0.717, 1.165) is 4.90 Å². The van der Waals surface area contributed by atoms with Crippen molar-refractivity contribution in [1.29, 1.82) is 0 Å². The molecule has 20 heavy (non-hydrogen) atoms. The molecule has 0 unspecified atom stereocenters. The van der Waals surface area contributed by atoms with E-state index in [0.29, 0.717) is 5.69 Å². The molecule has 1 amide bonds. The molecule has 0 spiro atoms. The van der Waals surface area contributed by atoms with Gasteiger partial charge in [0.25, 0.3) is 0 Å². The molecule has 9 heteroatoms. The molecule has 0 heterocycles. The molecule has 0 fully saturated rings. The highest BCUT2D eigenvalue weighted by molar-refractivity contribution is 8.76. The topological polar surface area (TPSA) is 130 Å². The number of amides is 1. The molecule has 7 nitrogen and oxygen atoms in total. The Bertz CT molecular complexity index is 506. The number of hydrogen-bond acceptors (Lipinski definition) is 6. The van der Waals surface area contributed by atoms with Gasteiger partial charge in [-0.25, -0.2) is 9.59 Å². The van der Waals surface area contributed by atoms with Gasteiger partial charge in [-0.2, -0.15) is 0 Å². The molecule has 1 atom stereocenters. The van der Waals surface area contributed by atoms with Crippen LogP contribution in [0.15, 0.2) is 29.2 Å². The average molecular weight is 316 g/mol. The third-order valence-electron chi connectivity index (χ3n) is 2.07. The second-order valence-electron chi connectivity index (χ2n) is 3.61. The molecule has 0 aliphatic rings. The number of hydrogen-bond donors (Lipinski definition) is 4. The molecular weight excluding hydrogens is 304 g/mol. The van der Waals surface area contributed by atoms with Gasteiger partial charge < -0.3 is 21.3 Å². The van der Waals surface area contributed by atoms with Crippen molar-refractivity contribution in [1.82, 2.24) is 5.32 Å². The fraction of sp³-hybridized carbons (Fsp3) is 0.182. The zero-order chi connectivity index (χ0) is 15.1. The van der Waals surface area contributed by atoms with Crippen molar-refractivity contribution in [2.24, 2.45) is 0 Å². The highest BCUT2D eigenvalue weighted by Crippen LogP contribution is 2.31. The van der Waals surface area contributed by atoms with Gasteiger partial charge in [-0.1, -0.05) is 21.6 Å². The molecule has 1 rings (SSSR count). The van der Waals surface area contributed by atoms with Gasteiger partial charge in [0.05, 0.1) is 0 Å². The van der Waals surface area contributed by atoms with E-state index in [4.69, 9.17) is 15.9 Å². The highest BCUT2D eigenvalue weighted by atomic mass is 33.1. The van der Waals surface area contributed by atoms with Gasteiger partial charge in [-0.3, -0.25) is 4.79 Å². The Balaban J connectivity index is 2.47. The fourth-order valence-electron chi connectivity index (χ4n) is 1.09. The van der Waals surface area contributed by atoms with Crippen LogP contribution in [0, 0.1) is 0 Å². The molecule has 0 bridgehead atoms. The molecule has 1 aromatic rings. The normalized spacial score (nSPS) is 11.6. The minimum atomic E-state index is -1.72. The number of carboxylic acids is 2. The molecular formula is C11H12N2O5S2. The minimum absolute atomic E-state index is 0.0311. The SMILES string of the molecule is Nc1ccc(SSC[C@H](NC(=O)C(=O)O)C(=O)O)cc1. The Labute approximate surface area is 122 Å². The maximum Gasteiger partial charge on any atom is 0.394 e. The summed E-state index contributed by atoms with van der Waals surface area (Å²) in [6.45, 7) is 0. The monoisotopic (exact) mass is 316 g/mol. The summed E-state index contributed by atoms with van der Waals surface area (Å²) in [5, 5.41) is 19.2. The number of carbonyl (C=O) groups excluding carboxylic acids is 1. The van der Waals surface area contributed by atoms with Crippen LogP contribution in [0.5, 0.6) is 0 Å². The summed E-state index contributed by atoms with van der Waals surface area (Å²) in [6.07, 6.45) is 0. The van der Waals surface area contributed by atoms with Gasteiger partial charge >= 0.3 is 17.8 Å². The Morgan fingerprint density at radius 1 is 1.20 bits per heavy atom. The zero-order valence-corrected chi connectivity index (χ0v) is 11.7. The molecule has 0 saturated carbocycles. The Morgan fingerprint density at radius 3 is 2.30 bits per heavy atom. The quantitative estimate of drug-likeness (QED) is 0.342. The summed E-state index contributed by atoms with van der Waals surface area (Å²) >= 11 is 0. The van der Waals surface area contributed by atoms with Gasteiger partial charge in [0.1, 0.15) is 6.04 Å². The third kappa shape index (κ3) is 5.41. The van der Waals surface area contributed by atoms with Gasteiger partial charge in [0, 0.05) is 16.3 Å². The van der Waals surface area contributed by atoms with E-state index in [1.165, 1.54) is 21.6 Å². The predicted octanol–water partition coefficient (Wildman–Crippen LogP) is 0.663. The number of carboxylic acid groups (broad SMARTS) is 2. The molecule has 5 N–H and O–H groups in total. The van der Waals surface area contributed by atoms with Gasteiger partial charge in [-0.15, -0.1) is 0 Å². The number of carbonyl (C=O) groups is 3. The van der Waals surface area contributed by atoms with Crippen molar-refractivity contribution in [3.8, 4) is 0 Å². The molecule has 0 aliphatic heterocycles. The lowest BCUT2D eigenvalue weighted by Crippen LogP contribution is -2.45. The largest absolute Gasteiger partial charge is 0.480 e. The van der Waals surface area contributed by atoms with Crippen LogP contribution in [0.25, 0.3) is 0 Å². The summed E-state index contributed by atoms with van der Waals surface area (Å²) in [5.74, 6) is -4.31. The van der Waals surface area contributed by atoms with Crippen molar-refractivity contribution in [3.63, 3.8) is 0 Å². The number of benzene rings is 1. The van der Waals surface area contributed by atoms with Crippen LogP contribution in [0.2, 0.25) is 0 Å². The first-order chi connectivity index (χ1) is 9.40. The Hall–Kier alpha value is -1.87. The summed E-state index contributed by atoms with van der Waals surface area (Å²) in [4.78, 5) is 33.1. The van der Waals surface area contributed by atoms with Crippen molar-refractivity contribution in [2.45, 2.75) is 10.9 Å². The number of nitrogens with two attached hydrogens (primary N) is 1. The van der Waals surface area contributed by atoms with Gasteiger partial charge in [0.2, 0.25) is 0 Å². The first-order valence-electron chi connectivity index (χ1n) is 5.31. The summed E-state index contributed by atoms with van der Waals surface area (Å²) < 4.78 is 0. The number of nitrogen functional groups attached to an aromatic ring is 1. The fourth-order valence-corrected chi connectivity index (χ4v) is 3.26. The van der Waals surface area contributed by atoms with Crippen LogP contribution in [-0.2, 0) is 14.4 Å². The van der Waals surface area contributed by atoms with Crippen LogP contribution >= 0.6 is 21.6 Å². The molecule has 0 aliphatic carbocycles. The summed E-state index contributed by atoms with van der Waals surface area (Å²) in [5.41, 5.74) is 6.15. The molecule has 108 valence electrons.